The van der Waals surface area contributed by atoms with Crippen molar-refractivity contribution in [1.82, 2.24) is 5.43 Å². The second-order valence-electron chi connectivity index (χ2n) is 4.95. The zero-order chi connectivity index (χ0) is 15.2. The van der Waals surface area contributed by atoms with Gasteiger partial charge in [0.25, 0.3) is 0 Å². The standard InChI is InChI=1S/C13H10ClF2N3O2/c14-13(15,16)12(21)17-7-3-1-6(2-4-7)10-8-5-9(8)11(20)19-18-10/h1-4,8-9H,5H2,(H,17,21)(H,19,20). The van der Waals surface area contributed by atoms with Crippen LogP contribution in [0.15, 0.2) is 29.4 Å². The first-order chi connectivity index (χ1) is 9.86. The van der Waals surface area contributed by atoms with Crippen LogP contribution in [0.2, 0.25) is 0 Å². The Bertz CT molecular complexity index is 640. The van der Waals surface area contributed by atoms with Crippen LogP contribution in [0.1, 0.15) is 12.0 Å². The SMILES string of the molecule is O=C1NN=C(c2ccc(NC(=O)C(F)(F)Cl)cc2)C2CC12. The molecule has 1 aromatic rings. The first-order valence-electron chi connectivity index (χ1n) is 6.22. The molecule has 2 unspecified atom stereocenters. The highest BCUT2D eigenvalue weighted by molar-refractivity contribution is 6.33. The average molecular weight is 314 g/mol. The molecule has 0 spiro atoms. The molecule has 1 aliphatic heterocycles. The summed E-state index contributed by atoms with van der Waals surface area (Å²) in [5.74, 6) is -1.56. The molecule has 3 rings (SSSR count). The topological polar surface area (TPSA) is 70.6 Å². The van der Waals surface area contributed by atoms with Gasteiger partial charge in [0.2, 0.25) is 5.91 Å². The maximum Gasteiger partial charge on any atom is 0.400 e. The lowest BCUT2D eigenvalue weighted by molar-refractivity contribution is -0.130. The number of carbonyl (C=O) groups excluding carboxylic acids is 2. The van der Waals surface area contributed by atoms with Crippen molar-refractivity contribution in [3.63, 3.8) is 0 Å². The van der Waals surface area contributed by atoms with Gasteiger partial charge >= 0.3 is 11.3 Å². The minimum absolute atomic E-state index is 0.0215. The molecular formula is C13H10ClF2N3O2. The van der Waals surface area contributed by atoms with Crippen LogP contribution < -0.4 is 10.7 Å². The Morgan fingerprint density at radius 2 is 2.00 bits per heavy atom. The first kappa shape index (κ1) is 13.9. The quantitative estimate of drug-likeness (QED) is 0.837. The van der Waals surface area contributed by atoms with Gasteiger partial charge in [-0.25, -0.2) is 5.43 Å². The molecule has 0 bridgehead atoms. The molecule has 5 nitrogen and oxygen atoms in total. The predicted molar refractivity (Wildman–Crippen MR) is 72.1 cm³/mol. The lowest BCUT2D eigenvalue weighted by Crippen LogP contribution is -2.29. The molecule has 8 heteroatoms. The fourth-order valence-corrected chi connectivity index (χ4v) is 2.32. The van der Waals surface area contributed by atoms with Crippen molar-refractivity contribution in [3.05, 3.63) is 29.8 Å². The molecule has 0 saturated heterocycles. The second kappa shape index (κ2) is 4.77. The Balaban J connectivity index is 1.73. The molecule has 1 aromatic carbocycles. The van der Waals surface area contributed by atoms with E-state index in [2.05, 4.69) is 22.1 Å². The van der Waals surface area contributed by atoms with Crippen molar-refractivity contribution >= 4 is 34.8 Å². The minimum Gasteiger partial charge on any atom is -0.320 e. The zero-order valence-electron chi connectivity index (χ0n) is 10.6. The van der Waals surface area contributed by atoms with Gasteiger partial charge in [-0.2, -0.15) is 13.9 Å². The van der Waals surface area contributed by atoms with E-state index in [1.807, 2.05) is 5.32 Å². The van der Waals surface area contributed by atoms with Gasteiger partial charge in [0.1, 0.15) is 0 Å². The number of hydrogen-bond acceptors (Lipinski definition) is 3. The summed E-state index contributed by atoms with van der Waals surface area (Å²) >= 11 is 4.62. The molecule has 2 amide bonds. The van der Waals surface area contributed by atoms with Gasteiger partial charge in [-0.1, -0.05) is 12.1 Å². The summed E-state index contributed by atoms with van der Waals surface area (Å²) in [4.78, 5) is 22.4. The van der Waals surface area contributed by atoms with Crippen molar-refractivity contribution in [1.29, 1.82) is 0 Å². The van der Waals surface area contributed by atoms with Gasteiger partial charge in [-0.3, -0.25) is 9.59 Å². The largest absolute Gasteiger partial charge is 0.400 e. The second-order valence-corrected chi connectivity index (χ2v) is 5.43. The van der Waals surface area contributed by atoms with E-state index in [1.54, 1.807) is 12.1 Å². The number of benzene rings is 1. The van der Waals surface area contributed by atoms with Gasteiger partial charge in [-0.15, -0.1) is 0 Å². The maximum atomic E-state index is 12.6. The molecule has 110 valence electrons. The number of fused-ring (bicyclic) bond motifs is 1. The molecule has 0 aromatic heterocycles. The van der Waals surface area contributed by atoms with Crippen LogP contribution in [-0.4, -0.2) is 22.9 Å². The number of carbonyl (C=O) groups is 2. The molecular weight excluding hydrogens is 304 g/mol. The van der Waals surface area contributed by atoms with E-state index in [4.69, 9.17) is 0 Å². The van der Waals surface area contributed by atoms with Gasteiger partial charge < -0.3 is 5.32 Å². The van der Waals surface area contributed by atoms with Crippen LogP contribution in [0.5, 0.6) is 0 Å². The number of nitrogens with one attached hydrogen (secondary N) is 2. The molecule has 2 atom stereocenters. The number of rotatable bonds is 3. The molecule has 1 heterocycles. The summed E-state index contributed by atoms with van der Waals surface area (Å²) < 4.78 is 25.1. The van der Waals surface area contributed by atoms with E-state index in [-0.39, 0.29) is 23.4 Å². The van der Waals surface area contributed by atoms with E-state index in [1.165, 1.54) is 12.1 Å². The Labute approximate surface area is 123 Å². The highest BCUT2D eigenvalue weighted by atomic mass is 35.5. The molecule has 0 radical (unpaired) electrons. The molecule has 2 aliphatic rings. The number of amides is 2. The summed E-state index contributed by atoms with van der Waals surface area (Å²) in [5.41, 5.74) is 4.20. The van der Waals surface area contributed by atoms with Crippen molar-refractivity contribution in [2.24, 2.45) is 16.9 Å². The van der Waals surface area contributed by atoms with Crippen LogP contribution in [0.3, 0.4) is 0 Å². The fraction of sp³-hybridized carbons (Fsp3) is 0.308. The summed E-state index contributed by atoms with van der Waals surface area (Å²) in [7, 11) is 0. The number of halogens is 3. The Hall–Kier alpha value is -2.02. The van der Waals surface area contributed by atoms with Gasteiger partial charge in [-0.05, 0) is 35.7 Å². The van der Waals surface area contributed by atoms with Crippen molar-refractivity contribution < 1.29 is 18.4 Å². The van der Waals surface area contributed by atoms with Gasteiger partial charge in [0, 0.05) is 17.5 Å². The van der Waals surface area contributed by atoms with Crippen LogP contribution in [0, 0.1) is 11.8 Å². The molecule has 21 heavy (non-hydrogen) atoms. The molecule has 1 aliphatic carbocycles. The molecule has 1 saturated carbocycles. The Morgan fingerprint density at radius 3 is 2.62 bits per heavy atom. The number of anilines is 1. The summed E-state index contributed by atoms with van der Waals surface area (Å²) in [6.45, 7) is 0. The average Bonchev–Trinajstić information content (AvgIpc) is 3.20. The van der Waals surface area contributed by atoms with Crippen molar-refractivity contribution in [2.75, 3.05) is 5.32 Å². The summed E-state index contributed by atoms with van der Waals surface area (Å²) in [6, 6.07) is 6.25. The van der Waals surface area contributed by atoms with Crippen LogP contribution in [-0.2, 0) is 9.59 Å². The lowest BCUT2D eigenvalue weighted by atomic mass is 10.0. The first-order valence-corrected chi connectivity index (χ1v) is 6.60. The third kappa shape index (κ3) is 2.73. The van der Waals surface area contributed by atoms with Crippen molar-refractivity contribution in [2.45, 2.75) is 11.8 Å². The third-order valence-electron chi connectivity index (χ3n) is 3.46. The summed E-state index contributed by atoms with van der Waals surface area (Å²) in [5, 5.41) is 2.09. The van der Waals surface area contributed by atoms with Crippen LogP contribution in [0.4, 0.5) is 14.5 Å². The number of alkyl halides is 3. The van der Waals surface area contributed by atoms with Crippen LogP contribution in [0.25, 0.3) is 0 Å². The molecule has 2 N–H and O–H groups in total. The third-order valence-corrected chi connectivity index (χ3v) is 3.63. The number of nitrogens with zero attached hydrogens (tertiary/aromatic N) is 1. The lowest BCUT2D eigenvalue weighted by Gasteiger charge is -2.13. The smallest absolute Gasteiger partial charge is 0.320 e. The van der Waals surface area contributed by atoms with E-state index < -0.39 is 11.3 Å². The Morgan fingerprint density at radius 1 is 1.33 bits per heavy atom. The normalized spacial score (nSPS) is 23.8. The highest BCUT2D eigenvalue weighted by Gasteiger charge is 2.49. The van der Waals surface area contributed by atoms with E-state index >= 15 is 0 Å². The van der Waals surface area contributed by atoms with Crippen molar-refractivity contribution in [3.8, 4) is 0 Å². The van der Waals surface area contributed by atoms with Gasteiger partial charge in [0.05, 0.1) is 5.71 Å². The monoisotopic (exact) mass is 313 g/mol. The summed E-state index contributed by atoms with van der Waals surface area (Å²) in [6.07, 6.45) is 0.766. The minimum atomic E-state index is -3.95. The van der Waals surface area contributed by atoms with E-state index in [0.717, 1.165) is 17.7 Å². The van der Waals surface area contributed by atoms with E-state index in [9.17, 15) is 18.4 Å². The van der Waals surface area contributed by atoms with Crippen LogP contribution >= 0.6 is 11.6 Å². The molecule has 1 fully saturated rings. The number of hydrogen-bond donors (Lipinski definition) is 2. The maximum absolute atomic E-state index is 12.6. The number of hydrazone groups is 1. The highest BCUT2D eigenvalue weighted by Crippen LogP contribution is 2.43. The zero-order valence-corrected chi connectivity index (χ0v) is 11.3. The van der Waals surface area contributed by atoms with E-state index in [0.29, 0.717) is 0 Å². The predicted octanol–water partition coefficient (Wildman–Crippen LogP) is 1.93. The van der Waals surface area contributed by atoms with Gasteiger partial charge in [0.15, 0.2) is 0 Å². The fourth-order valence-electron chi connectivity index (χ4n) is 2.27. The Kier molecular flexibility index (Phi) is 3.16.